The van der Waals surface area contributed by atoms with Crippen molar-refractivity contribution in [1.29, 1.82) is 0 Å². The van der Waals surface area contributed by atoms with Crippen molar-refractivity contribution in [3.8, 4) is 0 Å². The molecule has 2 rings (SSSR count). The summed E-state index contributed by atoms with van der Waals surface area (Å²) >= 11 is 0. The molecule has 2 unspecified atom stereocenters. The van der Waals surface area contributed by atoms with Crippen molar-refractivity contribution in [2.24, 2.45) is 11.1 Å². The van der Waals surface area contributed by atoms with E-state index in [1.54, 1.807) is 13.4 Å². The first-order valence-electron chi connectivity index (χ1n) is 4.90. The number of rotatable bonds is 3. The molecule has 1 aliphatic carbocycles. The van der Waals surface area contributed by atoms with Crippen LogP contribution in [0.5, 0.6) is 0 Å². The minimum Gasteiger partial charge on any atom is -0.469 e. The first kappa shape index (κ1) is 9.74. The van der Waals surface area contributed by atoms with E-state index in [-0.39, 0.29) is 11.5 Å². The number of hydrogen-bond acceptors (Lipinski definition) is 3. The molecule has 1 aromatic heterocycles. The van der Waals surface area contributed by atoms with Crippen molar-refractivity contribution in [1.82, 2.24) is 0 Å². The second-order valence-electron chi connectivity index (χ2n) is 4.57. The highest BCUT2D eigenvalue weighted by molar-refractivity contribution is 5.33. The highest BCUT2D eigenvalue weighted by atomic mass is 16.5. The average molecular weight is 195 g/mol. The summed E-state index contributed by atoms with van der Waals surface area (Å²) in [5, 5.41) is 0. The molecular weight excluding hydrogens is 178 g/mol. The van der Waals surface area contributed by atoms with Crippen molar-refractivity contribution < 1.29 is 9.15 Å². The molecule has 3 heteroatoms. The van der Waals surface area contributed by atoms with Crippen LogP contribution in [0.15, 0.2) is 16.7 Å². The molecule has 0 saturated heterocycles. The third-order valence-electron chi connectivity index (χ3n) is 3.27. The van der Waals surface area contributed by atoms with Gasteiger partial charge in [-0.1, -0.05) is 13.8 Å². The second-order valence-corrected chi connectivity index (χ2v) is 4.57. The molecule has 78 valence electrons. The van der Waals surface area contributed by atoms with Gasteiger partial charge in [0.05, 0.1) is 12.9 Å². The van der Waals surface area contributed by atoms with Gasteiger partial charge >= 0.3 is 0 Å². The Hall–Kier alpha value is -0.800. The van der Waals surface area contributed by atoms with E-state index in [0.717, 1.165) is 11.3 Å². The number of nitrogens with two attached hydrogens (primary N) is 1. The number of furan rings is 1. The van der Waals surface area contributed by atoms with Crippen molar-refractivity contribution >= 4 is 0 Å². The lowest BCUT2D eigenvalue weighted by atomic mass is 10.1. The molecule has 1 saturated carbocycles. The van der Waals surface area contributed by atoms with E-state index < -0.39 is 0 Å². The molecular formula is C11H17NO2. The summed E-state index contributed by atoms with van der Waals surface area (Å²) in [5.74, 6) is 1.35. The quantitative estimate of drug-likeness (QED) is 0.801. The van der Waals surface area contributed by atoms with E-state index >= 15 is 0 Å². The minimum absolute atomic E-state index is 0.167. The summed E-state index contributed by atoms with van der Waals surface area (Å²) < 4.78 is 10.6. The van der Waals surface area contributed by atoms with Crippen LogP contribution in [-0.4, -0.2) is 13.2 Å². The summed E-state index contributed by atoms with van der Waals surface area (Å²) in [5.41, 5.74) is 7.29. The molecule has 2 atom stereocenters. The molecule has 0 amide bonds. The second kappa shape index (κ2) is 3.11. The molecule has 1 aliphatic rings. The largest absolute Gasteiger partial charge is 0.469 e. The summed E-state index contributed by atoms with van der Waals surface area (Å²) in [7, 11) is 1.69. The lowest BCUT2D eigenvalue weighted by Gasteiger charge is -2.02. The van der Waals surface area contributed by atoms with Gasteiger partial charge in [-0.05, 0) is 11.5 Å². The Bertz CT molecular complexity index is 330. The summed E-state index contributed by atoms with van der Waals surface area (Å²) in [6.07, 6.45) is 1.71. The molecule has 0 spiro atoms. The number of methoxy groups -OCH3 is 1. The first-order chi connectivity index (χ1) is 6.59. The summed E-state index contributed by atoms with van der Waals surface area (Å²) in [4.78, 5) is 0. The Morgan fingerprint density at radius 1 is 1.57 bits per heavy atom. The number of hydrogen-bond donors (Lipinski definition) is 1. The standard InChI is InChI=1S/C11H17NO2/c1-11(2)8(10(11)12)9-7(6-13-3)4-5-14-9/h4-5,8,10H,6,12H2,1-3H3. The van der Waals surface area contributed by atoms with Gasteiger partial charge in [0.2, 0.25) is 0 Å². The number of ether oxygens (including phenoxy) is 1. The van der Waals surface area contributed by atoms with Gasteiger partial charge in [-0.2, -0.15) is 0 Å². The van der Waals surface area contributed by atoms with Crippen molar-refractivity contribution in [3.05, 3.63) is 23.7 Å². The molecule has 0 aromatic carbocycles. The predicted octanol–water partition coefficient (Wildman–Crippen LogP) is 1.88. The van der Waals surface area contributed by atoms with Gasteiger partial charge in [0, 0.05) is 24.6 Å². The molecule has 0 bridgehead atoms. The predicted molar refractivity (Wildman–Crippen MR) is 53.9 cm³/mol. The van der Waals surface area contributed by atoms with Crippen molar-refractivity contribution in [3.63, 3.8) is 0 Å². The normalized spacial score (nSPS) is 29.1. The van der Waals surface area contributed by atoms with Crippen molar-refractivity contribution in [2.75, 3.05) is 7.11 Å². The van der Waals surface area contributed by atoms with Gasteiger partial charge in [0.1, 0.15) is 5.76 Å². The van der Waals surface area contributed by atoms with Crippen LogP contribution in [0.2, 0.25) is 0 Å². The third-order valence-corrected chi connectivity index (χ3v) is 3.27. The van der Waals surface area contributed by atoms with E-state index in [2.05, 4.69) is 13.8 Å². The molecule has 0 radical (unpaired) electrons. The SMILES string of the molecule is COCc1ccoc1C1C(N)C1(C)C. The molecule has 1 fully saturated rings. The zero-order valence-corrected chi connectivity index (χ0v) is 8.91. The fourth-order valence-corrected chi connectivity index (χ4v) is 2.07. The van der Waals surface area contributed by atoms with Crippen LogP contribution in [0.4, 0.5) is 0 Å². The summed E-state index contributed by atoms with van der Waals surface area (Å²) in [6, 6.07) is 2.17. The Kier molecular flexibility index (Phi) is 2.16. The molecule has 1 aromatic rings. The molecule has 0 aliphatic heterocycles. The lowest BCUT2D eigenvalue weighted by Crippen LogP contribution is -2.06. The van der Waals surface area contributed by atoms with E-state index in [0.29, 0.717) is 12.5 Å². The Morgan fingerprint density at radius 3 is 2.71 bits per heavy atom. The van der Waals surface area contributed by atoms with Crippen LogP contribution < -0.4 is 5.73 Å². The van der Waals surface area contributed by atoms with Crippen LogP contribution in [0, 0.1) is 5.41 Å². The highest BCUT2D eigenvalue weighted by Gasteiger charge is 2.58. The maximum Gasteiger partial charge on any atom is 0.114 e. The first-order valence-corrected chi connectivity index (χ1v) is 4.90. The topological polar surface area (TPSA) is 48.4 Å². The average Bonchev–Trinajstić information content (AvgIpc) is 2.52. The van der Waals surface area contributed by atoms with Crippen LogP contribution in [0.3, 0.4) is 0 Å². The molecule has 1 heterocycles. The Labute approximate surface area is 84.2 Å². The van der Waals surface area contributed by atoms with E-state index in [1.807, 2.05) is 6.07 Å². The van der Waals surface area contributed by atoms with Crippen LogP contribution in [-0.2, 0) is 11.3 Å². The van der Waals surface area contributed by atoms with Gasteiger partial charge in [0.25, 0.3) is 0 Å². The maximum atomic E-state index is 6.00. The highest BCUT2D eigenvalue weighted by Crippen LogP contribution is 2.58. The van der Waals surface area contributed by atoms with Crippen LogP contribution in [0.25, 0.3) is 0 Å². The zero-order chi connectivity index (χ0) is 10.3. The molecule has 3 nitrogen and oxygen atoms in total. The lowest BCUT2D eigenvalue weighted by molar-refractivity contribution is 0.182. The van der Waals surface area contributed by atoms with Crippen molar-refractivity contribution in [2.45, 2.75) is 32.4 Å². The van der Waals surface area contributed by atoms with Gasteiger partial charge in [-0.3, -0.25) is 0 Å². The summed E-state index contributed by atoms with van der Waals surface area (Å²) in [6.45, 7) is 4.94. The Morgan fingerprint density at radius 2 is 2.21 bits per heavy atom. The molecule has 2 N–H and O–H groups in total. The van der Waals surface area contributed by atoms with Crippen LogP contribution in [0.1, 0.15) is 31.1 Å². The monoisotopic (exact) mass is 195 g/mol. The third kappa shape index (κ3) is 1.28. The van der Waals surface area contributed by atoms with Gasteiger partial charge in [-0.25, -0.2) is 0 Å². The Balaban J connectivity index is 2.22. The van der Waals surface area contributed by atoms with Gasteiger partial charge in [-0.15, -0.1) is 0 Å². The minimum atomic E-state index is 0.167. The molecule has 14 heavy (non-hydrogen) atoms. The zero-order valence-electron chi connectivity index (χ0n) is 8.91. The van der Waals surface area contributed by atoms with E-state index in [1.165, 1.54) is 0 Å². The fraction of sp³-hybridized carbons (Fsp3) is 0.636. The maximum absolute atomic E-state index is 6.00. The van der Waals surface area contributed by atoms with Gasteiger partial charge < -0.3 is 14.9 Å². The smallest absolute Gasteiger partial charge is 0.114 e. The van der Waals surface area contributed by atoms with Crippen LogP contribution >= 0.6 is 0 Å². The van der Waals surface area contributed by atoms with Gasteiger partial charge in [0.15, 0.2) is 0 Å². The van der Waals surface area contributed by atoms with E-state index in [4.69, 9.17) is 14.9 Å². The van der Waals surface area contributed by atoms with E-state index in [9.17, 15) is 0 Å². The fourth-order valence-electron chi connectivity index (χ4n) is 2.07.